The summed E-state index contributed by atoms with van der Waals surface area (Å²) in [5.41, 5.74) is 2.53. The highest BCUT2D eigenvalue weighted by atomic mass is 16.6. The van der Waals surface area contributed by atoms with Crippen molar-refractivity contribution >= 4 is 0 Å². The number of rotatable bonds is 5. The van der Waals surface area contributed by atoms with Crippen molar-refractivity contribution in [1.82, 2.24) is 4.90 Å². The van der Waals surface area contributed by atoms with Crippen LogP contribution in [0.1, 0.15) is 25.0 Å². The fraction of sp³-hybridized carbons (Fsp3) is 0.538. The van der Waals surface area contributed by atoms with Crippen LogP contribution in [0.15, 0.2) is 24.3 Å². The summed E-state index contributed by atoms with van der Waals surface area (Å²) in [5.74, 6) is 5.16. The molecule has 0 fully saturated rings. The molecule has 3 nitrogen and oxygen atoms in total. The molecule has 0 spiro atoms. The Bertz CT molecular complexity index is 334. The standard InChI is InChI=1S/C13H22N2O/c1-13(2,10-16-14)12-7-5-6-11(8-12)9-15(3)4/h5-8H,9-10,14H2,1-4H3. The highest BCUT2D eigenvalue weighted by Gasteiger charge is 2.20. The van der Waals surface area contributed by atoms with Crippen LogP contribution in [0.5, 0.6) is 0 Å². The molecule has 0 atom stereocenters. The summed E-state index contributed by atoms with van der Waals surface area (Å²) in [6.07, 6.45) is 0. The van der Waals surface area contributed by atoms with Gasteiger partial charge in [-0.3, -0.25) is 0 Å². The van der Waals surface area contributed by atoms with Crippen LogP contribution >= 0.6 is 0 Å². The highest BCUT2D eigenvalue weighted by Crippen LogP contribution is 2.24. The third-order valence-corrected chi connectivity index (χ3v) is 2.65. The quantitative estimate of drug-likeness (QED) is 0.773. The van der Waals surface area contributed by atoms with Crippen LogP contribution in [0.2, 0.25) is 0 Å². The van der Waals surface area contributed by atoms with Crippen molar-refractivity contribution in [1.29, 1.82) is 0 Å². The zero-order valence-electron chi connectivity index (χ0n) is 10.7. The molecule has 0 bridgehead atoms. The maximum atomic E-state index is 5.16. The Balaban J connectivity index is 2.89. The average Bonchev–Trinajstić information content (AvgIpc) is 2.17. The molecule has 0 aliphatic heterocycles. The number of benzene rings is 1. The van der Waals surface area contributed by atoms with Gasteiger partial charge in [-0.15, -0.1) is 0 Å². The zero-order valence-corrected chi connectivity index (χ0v) is 10.7. The Morgan fingerprint density at radius 3 is 2.56 bits per heavy atom. The van der Waals surface area contributed by atoms with Gasteiger partial charge in [0.25, 0.3) is 0 Å². The lowest BCUT2D eigenvalue weighted by Crippen LogP contribution is -2.26. The summed E-state index contributed by atoms with van der Waals surface area (Å²) in [7, 11) is 4.14. The van der Waals surface area contributed by atoms with Crippen LogP contribution in [-0.4, -0.2) is 25.6 Å². The Kier molecular flexibility index (Phi) is 4.47. The SMILES string of the molecule is CN(C)Cc1cccc(C(C)(C)CON)c1. The van der Waals surface area contributed by atoms with E-state index in [-0.39, 0.29) is 5.41 Å². The minimum absolute atomic E-state index is 0.0446. The summed E-state index contributed by atoms with van der Waals surface area (Å²) >= 11 is 0. The Hall–Kier alpha value is -0.900. The van der Waals surface area contributed by atoms with Gasteiger partial charge in [0, 0.05) is 12.0 Å². The molecule has 0 heterocycles. The van der Waals surface area contributed by atoms with Gasteiger partial charge in [0.2, 0.25) is 0 Å². The molecule has 16 heavy (non-hydrogen) atoms. The first-order chi connectivity index (χ1) is 7.45. The van der Waals surface area contributed by atoms with E-state index in [1.54, 1.807) is 0 Å². The summed E-state index contributed by atoms with van der Waals surface area (Å²) in [6, 6.07) is 8.58. The van der Waals surface area contributed by atoms with Crippen molar-refractivity contribution in [3.05, 3.63) is 35.4 Å². The molecule has 2 N–H and O–H groups in total. The predicted octanol–water partition coefficient (Wildman–Crippen LogP) is 1.92. The number of hydrogen-bond donors (Lipinski definition) is 1. The van der Waals surface area contributed by atoms with Crippen molar-refractivity contribution in [3.63, 3.8) is 0 Å². The molecule has 0 amide bonds. The maximum absolute atomic E-state index is 5.16. The van der Waals surface area contributed by atoms with Crippen LogP contribution in [-0.2, 0) is 16.8 Å². The van der Waals surface area contributed by atoms with Gasteiger partial charge in [-0.05, 0) is 25.2 Å². The minimum atomic E-state index is -0.0446. The van der Waals surface area contributed by atoms with Gasteiger partial charge in [-0.2, -0.15) is 0 Å². The second kappa shape index (κ2) is 5.43. The molecule has 0 saturated heterocycles. The average molecular weight is 222 g/mol. The zero-order chi connectivity index (χ0) is 12.2. The molecule has 0 aromatic heterocycles. The topological polar surface area (TPSA) is 38.5 Å². The van der Waals surface area contributed by atoms with Gasteiger partial charge in [0.15, 0.2) is 0 Å². The van der Waals surface area contributed by atoms with Crippen molar-refractivity contribution < 1.29 is 4.84 Å². The maximum Gasteiger partial charge on any atom is 0.0770 e. The van der Waals surface area contributed by atoms with E-state index in [0.717, 1.165) is 6.54 Å². The lowest BCUT2D eigenvalue weighted by atomic mass is 9.85. The molecule has 0 unspecified atom stereocenters. The molecule has 90 valence electrons. The predicted molar refractivity (Wildman–Crippen MR) is 67.0 cm³/mol. The van der Waals surface area contributed by atoms with Gasteiger partial charge >= 0.3 is 0 Å². The first-order valence-electron chi connectivity index (χ1n) is 5.51. The van der Waals surface area contributed by atoms with Gasteiger partial charge in [0.1, 0.15) is 0 Å². The van der Waals surface area contributed by atoms with E-state index in [0.29, 0.717) is 6.61 Å². The molecule has 3 heteroatoms. The second-order valence-electron chi connectivity index (χ2n) is 5.13. The molecule has 0 aliphatic carbocycles. The van der Waals surface area contributed by atoms with Crippen LogP contribution < -0.4 is 5.90 Å². The molecule has 0 radical (unpaired) electrons. The van der Waals surface area contributed by atoms with E-state index in [2.05, 4.69) is 57.1 Å². The summed E-state index contributed by atoms with van der Waals surface area (Å²) in [6.45, 7) is 5.75. The van der Waals surface area contributed by atoms with Gasteiger partial charge < -0.3 is 9.74 Å². The fourth-order valence-electron chi connectivity index (χ4n) is 1.75. The van der Waals surface area contributed by atoms with E-state index < -0.39 is 0 Å². The monoisotopic (exact) mass is 222 g/mol. The third-order valence-electron chi connectivity index (χ3n) is 2.65. The Labute approximate surface area is 98.2 Å². The van der Waals surface area contributed by atoms with E-state index >= 15 is 0 Å². The second-order valence-corrected chi connectivity index (χ2v) is 5.13. The van der Waals surface area contributed by atoms with Crippen LogP contribution in [0.3, 0.4) is 0 Å². The van der Waals surface area contributed by atoms with Gasteiger partial charge in [-0.1, -0.05) is 38.1 Å². The number of nitrogens with zero attached hydrogens (tertiary/aromatic N) is 1. The molecular weight excluding hydrogens is 200 g/mol. The number of hydrogen-bond acceptors (Lipinski definition) is 3. The molecule has 1 rings (SSSR count). The van der Waals surface area contributed by atoms with Crippen LogP contribution in [0, 0.1) is 0 Å². The Morgan fingerprint density at radius 2 is 2.00 bits per heavy atom. The van der Waals surface area contributed by atoms with E-state index in [4.69, 9.17) is 10.7 Å². The third kappa shape index (κ3) is 3.59. The molecule has 0 aliphatic rings. The summed E-state index contributed by atoms with van der Waals surface area (Å²) in [4.78, 5) is 6.93. The van der Waals surface area contributed by atoms with Crippen molar-refractivity contribution in [2.24, 2.45) is 5.90 Å². The normalized spacial score (nSPS) is 12.1. The van der Waals surface area contributed by atoms with Gasteiger partial charge in [-0.25, -0.2) is 5.90 Å². The van der Waals surface area contributed by atoms with E-state index in [1.807, 2.05) is 0 Å². The van der Waals surface area contributed by atoms with Crippen LogP contribution in [0.4, 0.5) is 0 Å². The van der Waals surface area contributed by atoms with Crippen molar-refractivity contribution in [3.8, 4) is 0 Å². The van der Waals surface area contributed by atoms with Crippen LogP contribution in [0.25, 0.3) is 0 Å². The number of nitrogens with two attached hydrogens (primary N) is 1. The summed E-state index contributed by atoms with van der Waals surface area (Å²) < 4.78 is 0. The van der Waals surface area contributed by atoms with Crippen molar-refractivity contribution in [2.75, 3.05) is 20.7 Å². The first kappa shape index (κ1) is 13.2. The van der Waals surface area contributed by atoms with Crippen molar-refractivity contribution in [2.45, 2.75) is 25.8 Å². The minimum Gasteiger partial charge on any atom is -0.305 e. The largest absolute Gasteiger partial charge is 0.305 e. The van der Waals surface area contributed by atoms with Gasteiger partial charge in [0.05, 0.1) is 6.61 Å². The lowest BCUT2D eigenvalue weighted by Gasteiger charge is -2.24. The molecule has 0 saturated carbocycles. The summed E-state index contributed by atoms with van der Waals surface area (Å²) in [5, 5.41) is 0. The molecule has 1 aromatic carbocycles. The smallest absolute Gasteiger partial charge is 0.0770 e. The first-order valence-corrected chi connectivity index (χ1v) is 5.51. The van der Waals surface area contributed by atoms with E-state index in [9.17, 15) is 0 Å². The fourth-order valence-corrected chi connectivity index (χ4v) is 1.75. The molecule has 1 aromatic rings. The lowest BCUT2D eigenvalue weighted by molar-refractivity contribution is 0.0964. The highest BCUT2D eigenvalue weighted by molar-refractivity contribution is 5.29. The Morgan fingerprint density at radius 1 is 1.31 bits per heavy atom. The van der Waals surface area contributed by atoms with E-state index in [1.165, 1.54) is 11.1 Å². The molecular formula is C13H22N2O.